The predicted octanol–water partition coefficient (Wildman–Crippen LogP) is 3.89. The molecule has 1 saturated heterocycles. The highest BCUT2D eigenvalue weighted by atomic mass is 35.5. The topological polar surface area (TPSA) is 46.4 Å². The second-order valence-electron chi connectivity index (χ2n) is 4.06. The van der Waals surface area contributed by atoms with E-state index in [0.29, 0.717) is 10.0 Å². The van der Waals surface area contributed by atoms with Gasteiger partial charge in [-0.3, -0.25) is 10.1 Å². The van der Waals surface area contributed by atoms with Gasteiger partial charge in [0, 0.05) is 25.2 Å². The van der Waals surface area contributed by atoms with Crippen molar-refractivity contribution < 1.29 is 4.92 Å². The molecule has 1 aromatic rings. The van der Waals surface area contributed by atoms with Gasteiger partial charge in [0.05, 0.1) is 20.7 Å². The van der Waals surface area contributed by atoms with Gasteiger partial charge in [-0.2, -0.15) is 0 Å². The monoisotopic (exact) mass is 274 g/mol. The number of anilines is 1. The van der Waals surface area contributed by atoms with Crippen molar-refractivity contribution in [3.8, 4) is 0 Å². The average Bonchev–Trinajstić information content (AvgIpc) is 2.29. The largest absolute Gasteiger partial charge is 0.369 e. The molecule has 17 heavy (non-hydrogen) atoms. The molecule has 4 nitrogen and oxygen atoms in total. The van der Waals surface area contributed by atoms with E-state index in [1.54, 1.807) is 0 Å². The van der Waals surface area contributed by atoms with Crippen molar-refractivity contribution in [1.29, 1.82) is 0 Å². The summed E-state index contributed by atoms with van der Waals surface area (Å²) in [4.78, 5) is 12.3. The van der Waals surface area contributed by atoms with Crippen LogP contribution < -0.4 is 4.90 Å². The minimum atomic E-state index is -0.488. The van der Waals surface area contributed by atoms with Gasteiger partial charge in [-0.15, -0.1) is 0 Å². The highest BCUT2D eigenvalue weighted by Gasteiger charge is 2.20. The fraction of sp³-hybridized carbons (Fsp3) is 0.455. The van der Waals surface area contributed by atoms with Crippen molar-refractivity contribution in [3.05, 3.63) is 32.3 Å². The molecule has 1 aromatic carbocycles. The highest BCUT2D eigenvalue weighted by molar-refractivity contribution is 6.39. The Morgan fingerprint density at radius 1 is 1.12 bits per heavy atom. The van der Waals surface area contributed by atoms with Gasteiger partial charge < -0.3 is 4.90 Å². The Hall–Kier alpha value is -1.00. The summed E-state index contributed by atoms with van der Waals surface area (Å²) in [6, 6.07) is 2.72. The van der Waals surface area contributed by atoms with Crippen LogP contribution in [0.5, 0.6) is 0 Å². The Morgan fingerprint density at radius 2 is 1.65 bits per heavy atom. The number of non-ortho nitro benzene ring substituents is 1. The van der Waals surface area contributed by atoms with E-state index in [-0.39, 0.29) is 5.69 Å². The van der Waals surface area contributed by atoms with Crippen LogP contribution >= 0.6 is 23.2 Å². The normalized spacial score (nSPS) is 16.0. The Balaban J connectivity index is 2.37. The summed E-state index contributed by atoms with van der Waals surface area (Å²) in [5.41, 5.74) is 0.652. The van der Waals surface area contributed by atoms with Crippen molar-refractivity contribution in [2.24, 2.45) is 0 Å². The summed E-state index contributed by atoms with van der Waals surface area (Å²) in [5.74, 6) is 0. The number of hydrogen-bond acceptors (Lipinski definition) is 3. The second-order valence-corrected chi connectivity index (χ2v) is 4.88. The third-order valence-corrected chi connectivity index (χ3v) is 3.46. The summed E-state index contributed by atoms with van der Waals surface area (Å²) in [7, 11) is 0. The van der Waals surface area contributed by atoms with Crippen LogP contribution in [0.15, 0.2) is 12.1 Å². The molecule has 1 heterocycles. The third kappa shape index (κ3) is 2.64. The minimum absolute atomic E-state index is 0.0687. The number of nitrogens with zero attached hydrogens (tertiary/aromatic N) is 2. The summed E-state index contributed by atoms with van der Waals surface area (Å²) in [5, 5.41) is 11.4. The molecule has 1 aliphatic heterocycles. The molecule has 0 bridgehead atoms. The van der Waals surface area contributed by atoms with Crippen molar-refractivity contribution in [1.82, 2.24) is 0 Å². The Labute approximate surface area is 109 Å². The number of nitro groups is 1. The number of piperidine rings is 1. The van der Waals surface area contributed by atoms with Gasteiger partial charge in [0.15, 0.2) is 0 Å². The molecule has 0 spiro atoms. The van der Waals surface area contributed by atoms with Crippen LogP contribution in [0.25, 0.3) is 0 Å². The van der Waals surface area contributed by atoms with Gasteiger partial charge in [0.1, 0.15) is 0 Å². The standard InChI is InChI=1S/C11H12Cl2N2O2/c12-9-6-8(15(16)17)7-10(13)11(9)14-4-2-1-3-5-14/h6-7H,1-5H2. The molecule has 0 N–H and O–H groups in total. The molecule has 1 fully saturated rings. The summed E-state index contributed by atoms with van der Waals surface area (Å²) >= 11 is 12.2. The summed E-state index contributed by atoms with van der Waals surface area (Å²) in [6.45, 7) is 1.80. The molecule has 6 heteroatoms. The van der Waals surface area contributed by atoms with Crippen molar-refractivity contribution in [2.75, 3.05) is 18.0 Å². The highest BCUT2D eigenvalue weighted by Crippen LogP contribution is 2.38. The van der Waals surface area contributed by atoms with Crippen LogP contribution in [-0.4, -0.2) is 18.0 Å². The first kappa shape index (κ1) is 12.5. The Kier molecular flexibility index (Phi) is 3.74. The van der Waals surface area contributed by atoms with Crippen molar-refractivity contribution >= 4 is 34.6 Å². The Morgan fingerprint density at radius 3 is 2.12 bits per heavy atom. The molecule has 0 atom stereocenters. The fourth-order valence-electron chi connectivity index (χ4n) is 2.08. The molecule has 0 radical (unpaired) electrons. The smallest absolute Gasteiger partial charge is 0.272 e. The fourth-order valence-corrected chi connectivity index (χ4v) is 2.79. The molecule has 0 unspecified atom stereocenters. The molecule has 0 amide bonds. The number of benzene rings is 1. The van der Waals surface area contributed by atoms with Gasteiger partial charge in [-0.05, 0) is 19.3 Å². The van der Waals surface area contributed by atoms with E-state index in [1.807, 2.05) is 0 Å². The number of nitro benzene ring substituents is 1. The molecule has 1 aliphatic rings. The molecule has 92 valence electrons. The van der Waals surface area contributed by atoms with Gasteiger partial charge in [-0.25, -0.2) is 0 Å². The summed E-state index contributed by atoms with van der Waals surface area (Å²) in [6.07, 6.45) is 3.41. The molecular formula is C11H12Cl2N2O2. The maximum atomic E-state index is 10.7. The molecule has 0 aliphatic carbocycles. The van der Waals surface area contributed by atoms with Crippen LogP contribution in [0, 0.1) is 10.1 Å². The zero-order valence-electron chi connectivity index (χ0n) is 9.16. The van der Waals surface area contributed by atoms with E-state index in [4.69, 9.17) is 23.2 Å². The lowest BCUT2D eigenvalue weighted by molar-refractivity contribution is -0.384. The maximum absolute atomic E-state index is 10.7. The lowest BCUT2D eigenvalue weighted by Gasteiger charge is -2.30. The second kappa shape index (κ2) is 5.10. The quantitative estimate of drug-likeness (QED) is 0.607. The van der Waals surface area contributed by atoms with E-state index >= 15 is 0 Å². The summed E-state index contributed by atoms with van der Waals surface area (Å²) < 4.78 is 0. The van der Waals surface area contributed by atoms with E-state index in [9.17, 15) is 10.1 Å². The minimum Gasteiger partial charge on any atom is -0.369 e. The van der Waals surface area contributed by atoms with E-state index in [0.717, 1.165) is 31.6 Å². The van der Waals surface area contributed by atoms with Gasteiger partial charge in [-0.1, -0.05) is 23.2 Å². The first-order valence-electron chi connectivity index (χ1n) is 5.48. The SMILES string of the molecule is O=[N+]([O-])c1cc(Cl)c(N2CCCCC2)c(Cl)c1. The van der Waals surface area contributed by atoms with Gasteiger partial charge in [0.25, 0.3) is 5.69 Å². The molecule has 0 aromatic heterocycles. The van der Waals surface area contributed by atoms with Gasteiger partial charge in [0.2, 0.25) is 0 Å². The molecule has 0 saturated carbocycles. The number of halogens is 2. The molecular weight excluding hydrogens is 263 g/mol. The van der Waals surface area contributed by atoms with E-state index in [1.165, 1.54) is 18.6 Å². The maximum Gasteiger partial charge on any atom is 0.272 e. The van der Waals surface area contributed by atoms with Crippen LogP contribution in [0.4, 0.5) is 11.4 Å². The van der Waals surface area contributed by atoms with Crippen LogP contribution in [0.3, 0.4) is 0 Å². The number of rotatable bonds is 2. The van der Waals surface area contributed by atoms with Crippen LogP contribution in [-0.2, 0) is 0 Å². The lowest BCUT2D eigenvalue weighted by atomic mass is 10.1. The zero-order chi connectivity index (χ0) is 12.4. The molecule has 2 rings (SSSR count). The first-order valence-corrected chi connectivity index (χ1v) is 6.23. The Bertz CT molecular complexity index is 422. The average molecular weight is 275 g/mol. The van der Waals surface area contributed by atoms with Crippen molar-refractivity contribution in [3.63, 3.8) is 0 Å². The zero-order valence-corrected chi connectivity index (χ0v) is 10.7. The van der Waals surface area contributed by atoms with Crippen LogP contribution in [0.1, 0.15) is 19.3 Å². The lowest BCUT2D eigenvalue weighted by Crippen LogP contribution is -2.29. The van der Waals surface area contributed by atoms with E-state index in [2.05, 4.69) is 4.90 Å². The van der Waals surface area contributed by atoms with Crippen LogP contribution in [0.2, 0.25) is 10.0 Å². The van der Waals surface area contributed by atoms with Gasteiger partial charge >= 0.3 is 0 Å². The number of hydrogen-bond donors (Lipinski definition) is 0. The van der Waals surface area contributed by atoms with E-state index < -0.39 is 4.92 Å². The first-order chi connectivity index (χ1) is 8.09. The predicted molar refractivity (Wildman–Crippen MR) is 69.2 cm³/mol. The third-order valence-electron chi connectivity index (χ3n) is 2.88. The van der Waals surface area contributed by atoms with Crippen molar-refractivity contribution in [2.45, 2.75) is 19.3 Å².